The van der Waals surface area contributed by atoms with E-state index in [1.54, 1.807) is 12.1 Å². The highest BCUT2D eigenvalue weighted by atomic mass is 16.6. The molecule has 112 valence electrons. The molecule has 0 unspecified atom stereocenters. The van der Waals surface area contributed by atoms with Crippen LogP contribution in [0.1, 0.15) is 37.2 Å². The number of nitro groups is 1. The van der Waals surface area contributed by atoms with Gasteiger partial charge in [0.1, 0.15) is 0 Å². The molecule has 0 heterocycles. The van der Waals surface area contributed by atoms with Crippen LogP contribution >= 0.6 is 0 Å². The summed E-state index contributed by atoms with van der Waals surface area (Å²) in [6.45, 7) is 0. The molecule has 0 atom stereocenters. The van der Waals surface area contributed by atoms with E-state index >= 15 is 0 Å². The van der Waals surface area contributed by atoms with E-state index in [2.05, 4.69) is 4.74 Å². The van der Waals surface area contributed by atoms with Gasteiger partial charge in [-0.25, -0.2) is 4.79 Å². The lowest BCUT2D eigenvalue weighted by Gasteiger charge is -2.26. The number of hydrogen-bond acceptors (Lipinski definition) is 4. The Labute approximate surface area is 123 Å². The molecule has 0 aromatic heterocycles. The van der Waals surface area contributed by atoms with Crippen molar-refractivity contribution in [1.82, 2.24) is 0 Å². The summed E-state index contributed by atoms with van der Waals surface area (Å²) >= 11 is 0. The van der Waals surface area contributed by atoms with Crippen LogP contribution in [0.25, 0.3) is 0 Å². The van der Waals surface area contributed by atoms with E-state index in [4.69, 9.17) is 0 Å². The van der Waals surface area contributed by atoms with Gasteiger partial charge < -0.3 is 4.74 Å². The number of non-ortho nitro benzene ring substituents is 1. The van der Waals surface area contributed by atoms with Crippen LogP contribution in [-0.4, -0.2) is 18.0 Å². The van der Waals surface area contributed by atoms with Crippen LogP contribution in [0, 0.1) is 16.0 Å². The minimum atomic E-state index is -0.377. The molecule has 1 saturated carbocycles. The smallest absolute Gasteiger partial charge is 0.330 e. The van der Waals surface area contributed by atoms with Gasteiger partial charge in [-0.2, -0.15) is 0 Å². The second-order valence-corrected chi connectivity index (χ2v) is 5.34. The fourth-order valence-corrected chi connectivity index (χ4v) is 2.80. The normalized spacial score (nSPS) is 22.1. The molecule has 1 aromatic rings. The summed E-state index contributed by atoms with van der Waals surface area (Å²) in [6.07, 6.45) is 7.54. The Kier molecular flexibility index (Phi) is 5.09. The second-order valence-electron chi connectivity index (χ2n) is 5.34. The predicted octanol–water partition coefficient (Wildman–Crippen LogP) is 3.60. The minimum absolute atomic E-state index is 0.133. The maximum absolute atomic E-state index is 11.1. The summed E-state index contributed by atoms with van der Waals surface area (Å²) in [5.41, 5.74) is 1.30. The van der Waals surface area contributed by atoms with Crippen molar-refractivity contribution in [2.45, 2.75) is 31.6 Å². The van der Waals surface area contributed by atoms with Crippen LogP contribution < -0.4 is 0 Å². The number of allylic oxidation sites excluding steroid dienone is 1. The third kappa shape index (κ3) is 4.15. The van der Waals surface area contributed by atoms with Gasteiger partial charge in [-0.3, -0.25) is 10.1 Å². The largest absolute Gasteiger partial charge is 0.466 e. The molecule has 0 saturated heterocycles. The van der Waals surface area contributed by atoms with E-state index in [1.807, 2.05) is 18.2 Å². The Bertz CT molecular complexity index is 528. The Morgan fingerprint density at radius 3 is 2.38 bits per heavy atom. The Morgan fingerprint density at radius 2 is 1.86 bits per heavy atom. The molecular formula is C16H19NO4. The Morgan fingerprint density at radius 1 is 1.24 bits per heavy atom. The zero-order valence-corrected chi connectivity index (χ0v) is 12.0. The monoisotopic (exact) mass is 289 g/mol. The third-order valence-electron chi connectivity index (χ3n) is 4.05. The van der Waals surface area contributed by atoms with E-state index in [9.17, 15) is 14.9 Å². The molecule has 21 heavy (non-hydrogen) atoms. The van der Waals surface area contributed by atoms with Crippen molar-refractivity contribution >= 4 is 11.7 Å². The SMILES string of the molecule is COC(=O)/C=C/C1CCC(c2ccc([N+](=O)[O-])cc2)CC1. The van der Waals surface area contributed by atoms with Gasteiger partial charge in [-0.1, -0.05) is 18.2 Å². The molecule has 1 fully saturated rings. The molecule has 0 spiro atoms. The summed E-state index contributed by atoms with van der Waals surface area (Å²) < 4.78 is 4.58. The number of carbonyl (C=O) groups is 1. The van der Waals surface area contributed by atoms with Crippen LogP contribution in [0.4, 0.5) is 5.69 Å². The predicted molar refractivity (Wildman–Crippen MR) is 79.0 cm³/mol. The highest BCUT2D eigenvalue weighted by Crippen LogP contribution is 2.36. The maximum atomic E-state index is 11.1. The van der Waals surface area contributed by atoms with Gasteiger partial charge in [-0.15, -0.1) is 0 Å². The van der Waals surface area contributed by atoms with Gasteiger partial charge in [0.25, 0.3) is 5.69 Å². The van der Waals surface area contributed by atoms with Crippen molar-refractivity contribution < 1.29 is 14.5 Å². The Hall–Kier alpha value is -2.17. The average Bonchev–Trinajstić information content (AvgIpc) is 2.53. The van der Waals surface area contributed by atoms with Crippen LogP contribution in [0.15, 0.2) is 36.4 Å². The fraction of sp³-hybridized carbons (Fsp3) is 0.438. The summed E-state index contributed by atoms with van der Waals surface area (Å²) in [4.78, 5) is 21.3. The number of benzene rings is 1. The molecule has 0 radical (unpaired) electrons. The average molecular weight is 289 g/mol. The van der Waals surface area contributed by atoms with Crippen molar-refractivity contribution in [2.24, 2.45) is 5.92 Å². The highest BCUT2D eigenvalue weighted by molar-refractivity contribution is 5.81. The molecule has 2 rings (SSSR count). The molecule has 5 heteroatoms. The summed E-state index contributed by atoms with van der Waals surface area (Å²) in [5, 5.41) is 10.6. The highest BCUT2D eigenvalue weighted by Gasteiger charge is 2.21. The zero-order valence-electron chi connectivity index (χ0n) is 12.0. The number of nitrogens with zero attached hydrogens (tertiary/aromatic N) is 1. The van der Waals surface area contributed by atoms with Gasteiger partial charge in [-0.05, 0) is 43.1 Å². The maximum Gasteiger partial charge on any atom is 0.330 e. The van der Waals surface area contributed by atoms with Crippen LogP contribution in [0.5, 0.6) is 0 Å². The standard InChI is InChI=1S/C16H19NO4/c1-21-16(18)11-4-12-2-5-13(6-3-12)14-7-9-15(10-8-14)17(19)20/h4,7-13H,2-3,5-6H2,1H3/b11-4+. The first-order valence-electron chi connectivity index (χ1n) is 7.10. The number of rotatable bonds is 4. The molecule has 5 nitrogen and oxygen atoms in total. The van der Waals surface area contributed by atoms with Crippen molar-refractivity contribution in [3.8, 4) is 0 Å². The van der Waals surface area contributed by atoms with Crippen molar-refractivity contribution in [3.05, 3.63) is 52.1 Å². The third-order valence-corrected chi connectivity index (χ3v) is 4.05. The van der Waals surface area contributed by atoms with E-state index in [0.717, 1.165) is 31.2 Å². The Balaban J connectivity index is 1.90. The van der Waals surface area contributed by atoms with Gasteiger partial charge >= 0.3 is 5.97 Å². The lowest BCUT2D eigenvalue weighted by Crippen LogP contribution is -2.12. The first-order valence-corrected chi connectivity index (χ1v) is 7.10. The van der Waals surface area contributed by atoms with Crippen LogP contribution in [0.3, 0.4) is 0 Å². The van der Waals surface area contributed by atoms with Gasteiger partial charge in [0.2, 0.25) is 0 Å². The summed E-state index contributed by atoms with van der Waals surface area (Å²) in [7, 11) is 1.37. The molecule has 0 amide bonds. The quantitative estimate of drug-likeness (QED) is 0.367. The van der Waals surface area contributed by atoms with Crippen LogP contribution in [-0.2, 0) is 9.53 Å². The molecule has 1 aromatic carbocycles. The molecule has 0 bridgehead atoms. The topological polar surface area (TPSA) is 69.4 Å². The number of methoxy groups -OCH3 is 1. The molecule has 1 aliphatic rings. The van der Waals surface area contributed by atoms with E-state index < -0.39 is 0 Å². The van der Waals surface area contributed by atoms with Gasteiger partial charge in [0, 0.05) is 18.2 Å². The number of nitro benzene ring substituents is 1. The van der Waals surface area contributed by atoms with E-state index in [1.165, 1.54) is 13.2 Å². The van der Waals surface area contributed by atoms with Gasteiger partial charge in [0.15, 0.2) is 0 Å². The lowest BCUT2D eigenvalue weighted by molar-refractivity contribution is -0.384. The number of hydrogen-bond donors (Lipinski definition) is 0. The van der Waals surface area contributed by atoms with E-state index in [-0.39, 0.29) is 16.6 Å². The summed E-state index contributed by atoms with van der Waals surface area (Å²) in [5.74, 6) is 0.555. The molecule has 1 aliphatic carbocycles. The molecular weight excluding hydrogens is 270 g/mol. The zero-order chi connectivity index (χ0) is 15.2. The molecule has 0 N–H and O–H groups in total. The summed E-state index contributed by atoms with van der Waals surface area (Å²) in [6, 6.07) is 6.85. The number of ether oxygens (including phenoxy) is 1. The lowest BCUT2D eigenvalue weighted by atomic mass is 9.78. The van der Waals surface area contributed by atoms with Crippen molar-refractivity contribution in [3.63, 3.8) is 0 Å². The number of esters is 1. The first kappa shape index (κ1) is 15.2. The fourth-order valence-electron chi connectivity index (χ4n) is 2.80. The van der Waals surface area contributed by atoms with Crippen molar-refractivity contribution in [2.75, 3.05) is 7.11 Å². The minimum Gasteiger partial charge on any atom is -0.466 e. The molecule has 0 aliphatic heterocycles. The second kappa shape index (κ2) is 7.02. The number of carbonyl (C=O) groups excluding carboxylic acids is 1. The van der Waals surface area contributed by atoms with Crippen molar-refractivity contribution in [1.29, 1.82) is 0 Å². The van der Waals surface area contributed by atoms with Gasteiger partial charge in [0.05, 0.1) is 12.0 Å². The first-order chi connectivity index (χ1) is 10.1. The van der Waals surface area contributed by atoms with Crippen LogP contribution in [0.2, 0.25) is 0 Å². The van der Waals surface area contributed by atoms with E-state index in [0.29, 0.717) is 11.8 Å².